The molecule has 0 bridgehead atoms. The van der Waals surface area contributed by atoms with Gasteiger partial charge in [0, 0.05) is 24.5 Å². The molecule has 2 N–H and O–H groups in total. The maximum Gasteiger partial charge on any atom is 0.167 e. The van der Waals surface area contributed by atoms with Crippen LogP contribution in [0.3, 0.4) is 0 Å². The first-order valence-corrected chi connectivity index (χ1v) is 7.65. The Bertz CT molecular complexity index is 363. The number of rotatable bonds is 7. The van der Waals surface area contributed by atoms with Crippen molar-refractivity contribution in [3.05, 3.63) is 18.6 Å². The summed E-state index contributed by atoms with van der Waals surface area (Å²) in [6, 6.07) is 0. The molecule has 0 aromatic carbocycles. The summed E-state index contributed by atoms with van der Waals surface area (Å²) in [7, 11) is 0. The summed E-state index contributed by atoms with van der Waals surface area (Å²) in [6.45, 7) is 8.26. The Morgan fingerprint density at radius 3 is 1.28 bits per heavy atom. The third kappa shape index (κ3) is 6.72. The number of allylic oxidation sites excluding steroid dienone is 4. The normalized spacial score (nSPS) is 13.4. The molecule has 0 amide bonds. The number of halogens is 2. The van der Waals surface area contributed by atoms with Gasteiger partial charge in [0.1, 0.15) is 0 Å². The minimum Gasteiger partial charge on any atom is -0.386 e. The lowest BCUT2D eigenvalue weighted by atomic mass is 10.3. The third-order valence-corrected chi connectivity index (χ3v) is 5.32. The highest BCUT2D eigenvalue weighted by Gasteiger charge is 2.05. The molecule has 0 heterocycles. The average molecular weight is 476 g/mol. The Morgan fingerprint density at radius 2 is 1.06 bits per heavy atom. The van der Waals surface area contributed by atoms with Gasteiger partial charge in [0.25, 0.3) is 0 Å². The van der Waals surface area contributed by atoms with Gasteiger partial charge in [-0.05, 0) is 72.9 Å². The molecule has 0 saturated heterocycles. The van der Waals surface area contributed by atoms with E-state index in [0.717, 1.165) is 18.6 Å². The van der Waals surface area contributed by atoms with Gasteiger partial charge in [0.2, 0.25) is 0 Å². The maximum absolute atomic E-state index is 11.1. The molecule has 0 rings (SSSR count). The van der Waals surface area contributed by atoms with Gasteiger partial charge >= 0.3 is 0 Å². The van der Waals surface area contributed by atoms with Crippen molar-refractivity contribution in [3.63, 3.8) is 0 Å². The molecule has 18 heavy (non-hydrogen) atoms. The summed E-state index contributed by atoms with van der Waals surface area (Å²) >= 11 is 4.07. The first-order chi connectivity index (χ1) is 8.27. The fourth-order valence-corrected chi connectivity index (χ4v) is 1.56. The highest BCUT2D eigenvalue weighted by atomic mass is 127. The van der Waals surface area contributed by atoms with Gasteiger partial charge in [0.15, 0.2) is 11.6 Å². The lowest BCUT2D eigenvalue weighted by molar-refractivity contribution is -0.113. The van der Waals surface area contributed by atoms with Crippen molar-refractivity contribution < 1.29 is 9.59 Å². The fraction of sp³-hybridized carbons (Fsp3) is 0.500. The predicted molar refractivity (Wildman–Crippen MR) is 90.8 cm³/mol. The molecule has 0 aliphatic rings. The SMILES string of the molecule is CC(=O)/C(I)=C(/C)NCCN/C(C)=C(/I)C(C)=O. The van der Waals surface area contributed by atoms with E-state index in [0.29, 0.717) is 13.1 Å². The highest BCUT2D eigenvalue weighted by molar-refractivity contribution is 14.1. The van der Waals surface area contributed by atoms with Gasteiger partial charge in [-0.3, -0.25) is 9.59 Å². The molecule has 0 aliphatic heterocycles. The second-order valence-corrected chi connectivity index (χ2v) is 6.00. The van der Waals surface area contributed by atoms with Crippen LogP contribution in [0.2, 0.25) is 0 Å². The average Bonchev–Trinajstić information content (AvgIpc) is 2.31. The Kier molecular flexibility index (Phi) is 8.83. The zero-order chi connectivity index (χ0) is 14.3. The molecule has 0 unspecified atom stereocenters. The van der Waals surface area contributed by atoms with Crippen molar-refractivity contribution in [2.24, 2.45) is 0 Å². The number of carbonyl (C=O) groups excluding carboxylic acids is 2. The van der Waals surface area contributed by atoms with Crippen LogP contribution in [-0.4, -0.2) is 24.7 Å². The maximum atomic E-state index is 11.1. The van der Waals surface area contributed by atoms with Gasteiger partial charge < -0.3 is 10.6 Å². The monoisotopic (exact) mass is 476 g/mol. The van der Waals surface area contributed by atoms with Gasteiger partial charge in [-0.2, -0.15) is 0 Å². The molecule has 0 aliphatic carbocycles. The molecule has 0 aromatic rings. The number of ketones is 2. The molecule has 102 valence electrons. The Morgan fingerprint density at radius 1 is 0.778 bits per heavy atom. The van der Waals surface area contributed by atoms with E-state index in [1.807, 2.05) is 59.0 Å². The number of hydrogen-bond donors (Lipinski definition) is 2. The zero-order valence-corrected chi connectivity index (χ0v) is 15.3. The van der Waals surface area contributed by atoms with Crippen molar-refractivity contribution in [1.29, 1.82) is 0 Å². The molecule has 4 nitrogen and oxygen atoms in total. The molecule has 0 atom stereocenters. The van der Waals surface area contributed by atoms with Crippen molar-refractivity contribution in [1.82, 2.24) is 10.6 Å². The largest absolute Gasteiger partial charge is 0.386 e. The topological polar surface area (TPSA) is 58.2 Å². The number of nitrogens with one attached hydrogen (secondary N) is 2. The Hall–Kier alpha value is -0.120. The van der Waals surface area contributed by atoms with Crippen molar-refractivity contribution in [2.75, 3.05) is 13.1 Å². The van der Waals surface area contributed by atoms with Crippen LogP contribution in [0.4, 0.5) is 0 Å². The minimum absolute atomic E-state index is 0.0655. The van der Waals surface area contributed by atoms with Crippen LogP contribution in [0.15, 0.2) is 18.6 Å². The van der Waals surface area contributed by atoms with Crippen LogP contribution >= 0.6 is 45.2 Å². The van der Waals surface area contributed by atoms with E-state index in [4.69, 9.17) is 0 Å². The standard InChI is InChI=1S/C12H18I2N2O2/c1-7(11(13)9(3)17)15-5-6-16-8(2)12(14)10(4)18/h15-16H,5-6H2,1-4H3/b11-7+,12-8+. The summed E-state index contributed by atoms with van der Waals surface area (Å²) in [5.41, 5.74) is 1.76. The van der Waals surface area contributed by atoms with Crippen LogP contribution in [0, 0.1) is 0 Å². The van der Waals surface area contributed by atoms with Crippen LogP contribution in [0.1, 0.15) is 27.7 Å². The molecule has 0 radical (unpaired) electrons. The van der Waals surface area contributed by atoms with E-state index in [1.54, 1.807) is 13.8 Å². The summed E-state index contributed by atoms with van der Waals surface area (Å²) in [5.74, 6) is 0.131. The van der Waals surface area contributed by atoms with Gasteiger partial charge in [-0.1, -0.05) is 0 Å². The third-order valence-electron chi connectivity index (χ3n) is 2.18. The second-order valence-electron chi connectivity index (χ2n) is 3.84. The van der Waals surface area contributed by atoms with Crippen LogP contribution < -0.4 is 10.6 Å². The molecule has 0 saturated carbocycles. The van der Waals surface area contributed by atoms with Crippen molar-refractivity contribution >= 4 is 56.7 Å². The molecular weight excluding hydrogens is 458 g/mol. The van der Waals surface area contributed by atoms with Crippen molar-refractivity contribution in [2.45, 2.75) is 27.7 Å². The number of carbonyl (C=O) groups is 2. The van der Waals surface area contributed by atoms with E-state index in [-0.39, 0.29) is 11.6 Å². The summed E-state index contributed by atoms with van der Waals surface area (Å²) < 4.78 is 1.44. The first-order valence-electron chi connectivity index (χ1n) is 5.49. The fourth-order valence-electron chi connectivity index (χ4n) is 1.18. The first kappa shape index (κ1) is 17.9. The van der Waals surface area contributed by atoms with Gasteiger partial charge in [-0.15, -0.1) is 0 Å². The molecule has 6 heteroatoms. The number of Topliss-reactive ketones (excluding diaryl/α,β-unsaturated/α-hetero) is 2. The lowest BCUT2D eigenvalue weighted by Crippen LogP contribution is -2.26. The minimum atomic E-state index is 0.0655. The highest BCUT2D eigenvalue weighted by Crippen LogP contribution is 2.12. The van der Waals surface area contributed by atoms with Crippen LogP contribution in [-0.2, 0) is 9.59 Å². The van der Waals surface area contributed by atoms with Gasteiger partial charge in [-0.25, -0.2) is 0 Å². The van der Waals surface area contributed by atoms with Crippen LogP contribution in [0.25, 0.3) is 0 Å². The number of hydrogen-bond acceptors (Lipinski definition) is 4. The Labute approximate surface area is 135 Å². The predicted octanol–water partition coefficient (Wildman–Crippen LogP) is 2.68. The molecule has 0 spiro atoms. The summed E-state index contributed by atoms with van der Waals surface area (Å²) in [4.78, 5) is 22.2. The lowest BCUT2D eigenvalue weighted by Gasteiger charge is -2.11. The van der Waals surface area contributed by atoms with Gasteiger partial charge in [0.05, 0.1) is 7.16 Å². The summed E-state index contributed by atoms with van der Waals surface area (Å²) in [5, 5.41) is 6.33. The van der Waals surface area contributed by atoms with E-state index in [2.05, 4.69) is 10.6 Å². The molecular formula is C12H18I2N2O2. The molecule has 0 aromatic heterocycles. The zero-order valence-electron chi connectivity index (χ0n) is 11.0. The van der Waals surface area contributed by atoms with E-state index < -0.39 is 0 Å². The smallest absolute Gasteiger partial charge is 0.167 e. The quantitative estimate of drug-likeness (QED) is 0.337. The van der Waals surface area contributed by atoms with E-state index in [9.17, 15) is 9.59 Å². The molecule has 0 fully saturated rings. The Balaban J connectivity index is 4.17. The second kappa shape index (κ2) is 8.89. The van der Waals surface area contributed by atoms with E-state index >= 15 is 0 Å². The van der Waals surface area contributed by atoms with E-state index in [1.165, 1.54) is 0 Å². The summed E-state index contributed by atoms with van der Waals surface area (Å²) in [6.07, 6.45) is 0. The van der Waals surface area contributed by atoms with Crippen molar-refractivity contribution in [3.8, 4) is 0 Å². The van der Waals surface area contributed by atoms with Crippen LogP contribution in [0.5, 0.6) is 0 Å².